The Hall–Kier alpha value is -0.580. The van der Waals surface area contributed by atoms with Crippen LogP contribution in [0.4, 0.5) is 0 Å². The monoisotopic (exact) mass is 466 g/mol. The number of ether oxygens (including phenoxy) is 1. The molecule has 1 aliphatic heterocycles. The second-order valence-corrected chi connectivity index (χ2v) is 12.5. The number of aliphatic hydroxyl groups excluding tert-OH is 2. The van der Waals surface area contributed by atoms with Crippen LogP contribution in [-0.2, 0) is 4.74 Å². The number of allylic oxidation sites excluding steroid dienone is 1. The van der Waals surface area contributed by atoms with Gasteiger partial charge in [-0.15, -0.1) is 0 Å². The van der Waals surface area contributed by atoms with Gasteiger partial charge in [-0.25, -0.2) is 0 Å². The summed E-state index contributed by atoms with van der Waals surface area (Å²) in [5, 5.41) is 30.5. The Labute approximate surface area is 204 Å². The maximum atomic E-state index is 10.7. The predicted octanol–water partition coefficient (Wildman–Crippen LogP) is 7.18. The van der Waals surface area contributed by atoms with Crippen molar-refractivity contribution in [1.82, 2.24) is 0 Å². The van der Waals surface area contributed by atoms with Crippen molar-refractivity contribution in [3.63, 3.8) is 0 Å². The van der Waals surface area contributed by atoms with E-state index in [9.17, 15) is 15.3 Å². The molecular formula is C29H54O4. The predicted molar refractivity (Wildman–Crippen MR) is 137 cm³/mol. The van der Waals surface area contributed by atoms with Crippen LogP contribution in [0.25, 0.3) is 0 Å². The molecule has 3 N–H and O–H groups in total. The molecule has 0 amide bonds. The van der Waals surface area contributed by atoms with E-state index < -0.39 is 5.60 Å². The maximum absolute atomic E-state index is 10.7. The first-order chi connectivity index (χ1) is 15.3. The van der Waals surface area contributed by atoms with Crippen molar-refractivity contribution in [3.8, 4) is 0 Å². The standard InChI is InChI=1S/C29H54O4/c1-20(11-8-15-28(6,32)16-10-13-21(2)24(5)30)12-9-17-29(7)18-14-25-19-26(31)22(3)23(4)27(25)33-29/h20-23,25-27,30-32H,5,8-19H2,1-4,6-7H3/t20?,21-,22?,23?,25?,26?,27?,28?,29?/m1/s1. The molecule has 2 fully saturated rings. The first kappa shape index (κ1) is 28.7. The number of aliphatic hydroxyl groups is 3. The summed E-state index contributed by atoms with van der Waals surface area (Å²) in [5.41, 5.74) is -0.630. The van der Waals surface area contributed by atoms with Crippen LogP contribution < -0.4 is 0 Å². The fraction of sp³-hybridized carbons (Fsp3) is 0.931. The molecule has 0 aromatic rings. The van der Waals surface area contributed by atoms with Crippen LogP contribution in [0.1, 0.15) is 119 Å². The minimum atomic E-state index is -0.614. The summed E-state index contributed by atoms with van der Waals surface area (Å²) >= 11 is 0. The lowest BCUT2D eigenvalue weighted by Gasteiger charge is -2.51. The molecular weight excluding hydrogens is 412 g/mol. The van der Waals surface area contributed by atoms with Crippen LogP contribution in [0, 0.1) is 29.6 Å². The molecule has 1 saturated heterocycles. The lowest BCUT2D eigenvalue weighted by molar-refractivity contribution is -0.200. The first-order valence-electron chi connectivity index (χ1n) is 13.8. The van der Waals surface area contributed by atoms with Crippen LogP contribution in [0.5, 0.6) is 0 Å². The highest BCUT2D eigenvalue weighted by Crippen LogP contribution is 2.46. The average molecular weight is 467 g/mol. The van der Waals surface area contributed by atoms with Gasteiger partial charge in [0, 0.05) is 5.92 Å². The Kier molecular flexibility index (Phi) is 10.8. The molecule has 1 saturated carbocycles. The Morgan fingerprint density at radius 3 is 2.33 bits per heavy atom. The third-order valence-corrected chi connectivity index (χ3v) is 9.16. The zero-order valence-electron chi connectivity index (χ0n) is 22.5. The summed E-state index contributed by atoms with van der Waals surface area (Å²) < 4.78 is 6.72. The fourth-order valence-corrected chi connectivity index (χ4v) is 6.17. The lowest BCUT2D eigenvalue weighted by Crippen LogP contribution is -2.52. The molecule has 0 aromatic carbocycles. The van der Waals surface area contributed by atoms with Crippen molar-refractivity contribution in [2.24, 2.45) is 29.6 Å². The van der Waals surface area contributed by atoms with Gasteiger partial charge in [0.15, 0.2) is 0 Å². The zero-order valence-corrected chi connectivity index (χ0v) is 22.5. The van der Waals surface area contributed by atoms with Gasteiger partial charge in [-0.1, -0.05) is 60.0 Å². The van der Waals surface area contributed by atoms with E-state index >= 15 is 0 Å². The van der Waals surface area contributed by atoms with E-state index in [1.165, 1.54) is 19.3 Å². The fourth-order valence-electron chi connectivity index (χ4n) is 6.17. The molecule has 2 rings (SSSR count). The van der Waals surface area contributed by atoms with E-state index in [0.29, 0.717) is 29.8 Å². The molecule has 1 heterocycles. The third-order valence-electron chi connectivity index (χ3n) is 9.16. The minimum absolute atomic E-state index is 0.0160. The summed E-state index contributed by atoms with van der Waals surface area (Å²) in [6.07, 6.45) is 12.5. The van der Waals surface area contributed by atoms with E-state index in [4.69, 9.17) is 4.74 Å². The molecule has 1 aliphatic carbocycles. The van der Waals surface area contributed by atoms with Crippen LogP contribution >= 0.6 is 0 Å². The SMILES string of the molecule is C=C(O)[C@H](C)CCCC(C)(O)CCCC(C)CCCC1(C)CCC2CC(O)C(C)C(C)C2O1. The largest absolute Gasteiger partial charge is 0.513 e. The average Bonchev–Trinajstić information content (AvgIpc) is 2.72. The van der Waals surface area contributed by atoms with Crippen LogP contribution in [0.15, 0.2) is 12.3 Å². The number of hydrogen-bond acceptors (Lipinski definition) is 4. The van der Waals surface area contributed by atoms with Crippen molar-refractivity contribution < 1.29 is 20.1 Å². The highest BCUT2D eigenvalue weighted by atomic mass is 16.5. The van der Waals surface area contributed by atoms with Gasteiger partial charge in [0.25, 0.3) is 0 Å². The van der Waals surface area contributed by atoms with Crippen LogP contribution in [0.2, 0.25) is 0 Å². The summed E-state index contributed by atoms with van der Waals surface area (Å²) in [4.78, 5) is 0. The quantitative estimate of drug-likeness (QED) is 0.251. The Morgan fingerprint density at radius 2 is 1.70 bits per heavy atom. The molecule has 2 aliphatic rings. The van der Waals surface area contributed by atoms with Crippen molar-refractivity contribution in [2.75, 3.05) is 0 Å². The van der Waals surface area contributed by atoms with Gasteiger partial charge in [-0.05, 0) is 88.9 Å². The topological polar surface area (TPSA) is 69.9 Å². The first-order valence-corrected chi connectivity index (χ1v) is 13.8. The van der Waals surface area contributed by atoms with E-state index in [1.54, 1.807) is 0 Å². The molecule has 9 atom stereocenters. The van der Waals surface area contributed by atoms with Gasteiger partial charge < -0.3 is 20.1 Å². The lowest BCUT2D eigenvalue weighted by atomic mass is 9.67. The molecule has 33 heavy (non-hydrogen) atoms. The Morgan fingerprint density at radius 1 is 1.09 bits per heavy atom. The molecule has 4 nitrogen and oxygen atoms in total. The van der Waals surface area contributed by atoms with Gasteiger partial charge in [-0.2, -0.15) is 0 Å². The maximum Gasteiger partial charge on any atom is 0.0879 e. The summed E-state index contributed by atoms with van der Waals surface area (Å²) in [6.45, 7) is 16.6. The van der Waals surface area contributed by atoms with E-state index in [1.807, 2.05) is 13.8 Å². The van der Waals surface area contributed by atoms with Gasteiger partial charge >= 0.3 is 0 Å². The molecule has 0 radical (unpaired) electrons. The van der Waals surface area contributed by atoms with Crippen molar-refractivity contribution in [3.05, 3.63) is 12.3 Å². The zero-order chi connectivity index (χ0) is 24.8. The van der Waals surface area contributed by atoms with Crippen molar-refractivity contribution >= 4 is 0 Å². The normalized spacial score (nSPS) is 35.9. The second-order valence-electron chi connectivity index (χ2n) is 12.5. The van der Waals surface area contributed by atoms with E-state index in [0.717, 1.165) is 57.8 Å². The molecule has 4 heteroatoms. The smallest absolute Gasteiger partial charge is 0.0879 e. The van der Waals surface area contributed by atoms with E-state index in [-0.39, 0.29) is 23.4 Å². The van der Waals surface area contributed by atoms with Gasteiger partial charge in [0.2, 0.25) is 0 Å². The molecule has 0 bridgehead atoms. The Bertz CT molecular complexity index is 600. The summed E-state index contributed by atoms with van der Waals surface area (Å²) in [7, 11) is 0. The highest BCUT2D eigenvalue weighted by molar-refractivity contribution is 4.95. The number of rotatable bonds is 13. The van der Waals surface area contributed by atoms with Gasteiger partial charge in [0.1, 0.15) is 0 Å². The molecule has 0 spiro atoms. The van der Waals surface area contributed by atoms with Crippen molar-refractivity contribution in [2.45, 2.75) is 142 Å². The van der Waals surface area contributed by atoms with Gasteiger partial charge in [0.05, 0.1) is 29.2 Å². The van der Waals surface area contributed by atoms with Gasteiger partial charge in [-0.3, -0.25) is 0 Å². The van der Waals surface area contributed by atoms with Crippen LogP contribution in [-0.4, -0.2) is 38.7 Å². The van der Waals surface area contributed by atoms with Crippen molar-refractivity contribution in [1.29, 1.82) is 0 Å². The molecule has 194 valence electrons. The number of fused-ring (bicyclic) bond motifs is 1. The minimum Gasteiger partial charge on any atom is -0.513 e. The van der Waals surface area contributed by atoms with E-state index in [2.05, 4.69) is 34.3 Å². The third kappa shape index (κ3) is 8.85. The summed E-state index contributed by atoms with van der Waals surface area (Å²) in [6, 6.07) is 0. The Balaban J connectivity index is 1.64. The highest BCUT2D eigenvalue weighted by Gasteiger charge is 2.46. The number of hydrogen-bond donors (Lipinski definition) is 3. The van der Waals surface area contributed by atoms with Crippen LogP contribution in [0.3, 0.4) is 0 Å². The second kappa shape index (κ2) is 12.4. The molecule has 0 aromatic heterocycles. The molecule has 8 unspecified atom stereocenters. The summed E-state index contributed by atoms with van der Waals surface area (Å²) in [5.74, 6) is 2.30.